The van der Waals surface area contributed by atoms with Gasteiger partial charge >= 0.3 is 0 Å². The van der Waals surface area contributed by atoms with Crippen LogP contribution in [0.15, 0.2) is 24.3 Å². The zero-order valence-electron chi connectivity index (χ0n) is 8.53. The van der Waals surface area contributed by atoms with Gasteiger partial charge in [0.05, 0.1) is 6.54 Å². The fourth-order valence-corrected chi connectivity index (χ4v) is 1.50. The summed E-state index contributed by atoms with van der Waals surface area (Å²) in [7, 11) is 0. The highest BCUT2D eigenvalue weighted by atomic mass is 16.5. The molecule has 0 bridgehead atoms. The first kappa shape index (κ1) is 10.1. The molecule has 1 N–H and O–H groups in total. The van der Waals surface area contributed by atoms with Crippen LogP contribution in [0.25, 0.3) is 11.5 Å². The van der Waals surface area contributed by atoms with Crippen molar-refractivity contribution in [3.8, 4) is 12.1 Å². The fourth-order valence-electron chi connectivity index (χ4n) is 1.50. The van der Waals surface area contributed by atoms with Gasteiger partial charge in [0.15, 0.2) is 5.88 Å². The average molecular weight is 211 g/mol. The Bertz CT molecular complexity index is 557. The summed E-state index contributed by atoms with van der Waals surface area (Å²) in [6.07, 6.45) is 0. The van der Waals surface area contributed by atoms with E-state index in [1.54, 1.807) is 12.1 Å². The van der Waals surface area contributed by atoms with Gasteiger partial charge in [0.25, 0.3) is 0 Å². The molecule has 4 nitrogen and oxygen atoms in total. The van der Waals surface area contributed by atoms with Gasteiger partial charge in [-0.1, -0.05) is 12.1 Å². The molecule has 1 aromatic rings. The van der Waals surface area contributed by atoms with E-state index in [0.717, 1.165) is 17.6 Å². The van der Waals surface area contributed by atoms with Crippen LogP contribution in [0.4, 0.5) is 0 Å². The van der Waals surface area contributed by atoms with E-state index in [1.165, 1.54) is 0 Å². The minimum Gasteiger partial charge on any atom is -0.477 e. The van der Waals surface area contributed by atoms with E-state index < -0.39 is 0 Å². The third-order valence-corrected chi connectivity index (χ3v) is 2.29. The molecule has 4 heteroatoms. The van der Waals surface area contributed by atoms with Crippen LogP contribution in [0.5, 0.6) is 0 Å². The molecule has 0 amide bonds. The first-order valence-electron chi connectivity index (χ1n) is 4.86. The summed E-state index contributed by atoms with van der Waals surface area (Å²) < 4.78 is 5.36. The minimum absolute atomic E-state index is 0.122. The Kier molecular flexibility index (Phi) is 2.75. The van der Waals surface area contributed by atoms with Crippen LogP contribution in [0.3, 0.4) is 0 Å². The SMILES string of the molecule is N#CC(C#N)=c1ccc(=C2NCCO2)cc1. The molecule has 1 fully saturated rings. The zero-order valence-corrected chi connectivity index (χ0v) is 8.53. The van der Waals surface area contributed by atoms with Crippen molar-refractivity contribution in [3.63, 3.8) is 0 Å². The van der Waals surface area contributed by atoms with E-state index in [4.69, 9.17) is 15.3 Å². The molecule has 16 heavy (non-hydrogen) atoms. The highest BCUT2D eigenvalue weighted by Crippen LogP contribution is 1.97. The van der Waals surface area contributed by atoms with Crippen LogP contribution in [-0.4, -0.2) is 13.2 Å². The van der Waals surface area contributed by atoms with Crippen molar-refractivity contribution in [2.75, 3.05) is 13.2 Å². The Morgan fingerprint density at radius 2 is 1.88 bits per heavy atom. The first-order valence-corrected chi connectivity index (χ1v) is 4.86. The highest BCUT2D eigenvalue weighted by molar-refractivity contribution is 5.72. The lowest BCUT2D eigenvalue weighted by Gasteiger charge is -1.97. The second kappa shape index (κ2) is 4.37. The molecule has 1 aromatic carbocycles. The molecule has 0 radical (unpaired) electrons. The largest absolute Gasteiger partial charge is 0.477 e. The molecule has 1 heterocycles. The quantitative estimate of drug-likeness (QED) is 0.632. The number of hydrogen-bond donors (Lipinski definition) is 1. The van der Waals surface area contributed by atoms with E-state index in [9.17, 15) is 0 Å². The van der Waals surface area contributed by atoms with E-state index in [0.29, 0.717) is 11.8 Å². The summed E-state index contributed by atoms with van der Waals surface area (Å²) in [5.41, 5.74) is 0.122. The van der Waals surface area contributed by atoms with E-state index in [2.05, 4.69) is 5.32 Å². The van der Waals surface area contributed by atoms with E-state index in [1.807, 2.05) is 24.3 Å². The molecule has 2 rings (SSSR count). The number of hydrogen-bond acceptors (Lipinski definition) is 4. The standard InChI is InChI=1S/C12H9N3O/c13-7-11(8-14)9-1-3-10(4-2-9)12-15-5-6-16-12/h1-4,15H,5-6H2. The van der Waals surface area contributed by atoms with Crippen LogP contribution in [0, 0.1) is 22.7 Å². The van der Waals surface area contributed by atoms with Crippen LogP contribution in [0.2, 0.25) is 0 Å². The molecule has 78 valence electrons. The van der Waals surface area contributed by atoms with Gasteiger partial charge in [-0.25, -0.2) is 0 Å². The third kappa shape index (κ3) is 1.82. The molecule has 0 spiro atoms. The Balaban J connectivity index is 2.54. The lowest BCUT2D eigenvalue weighted by molar-refractivity contribution is 0.322. The second-order valence-electron chi connectivity index (χ2n) is 3.28. The van der Waals surface area contributed by atoms with Crippen molar-refractivity contribution in [3.05, 3.63) is 34.7 Å². The summed E-state index contributed by atoms with van der Waals surface area (Å²) in [4.78, 5) is 0. The molecular formula is C12H9N3O. The molecule has 0 atom stereocenters. The summed E-state index contributed by atoms with van der Waals surface area (Å²) in [5.74, 6) is 0.752. The van der Waals surface area contributed by atoms with Crippen molar-refractivity contribution in [1.29, 1.82) is 10.5 Å². The number of nitrogens with one attached hydrogen (secondary N) is 1. The van der Waals surface area contributed by atoms with Crippen LogP contribution < -0.4 is 15.8 Å². The number of ether oxygens (including phenoxy) is 1. The number of nitrogens with zero attached hydrogens (tertiary/aromatic N) is 2. The summed E-state index contributed by atoms with van der Waals surface area (Å²) in [6.45, 7) is 1.48. The normalized spacial score (nSPS) is 13.2. The van der Waals surface area contributed by atoms with Crippen LogP contribution >= 0.6 is 0 Å². The smallest absolute Gasteiger partial charge is 0.194 e. The number of rotatable bonds is 0. The molecule has 0 unspecified atom stereocenters. The second-order valence-corrected chi connectivity index (χ2v) is 3.28. The Labute approximate surface area is 92.7 Å². The Morgan fingerprint density at radius 1 is 1.19 bits per heavy atom. The lowest BCUT2D eigenvalue weighted by Crippen LogP contribution is -2.17. The topological polar surface area (TPSA) is 68.8 Å². The Hall–Kier alpha value is -2.46. The Morgan fingerprint density at radius 3 is 2.38 bits per heavy atom. The van der Waals surface area contributed by atoms with Gasteiger partial charge in [0.2, 0.25) is 0 Å². The molecular weight excluding hydrogens is 202 g/mol. The number of benzene rings is 1. The zero-order chi connectivity index (χ0) is 11.4. The van der Waals surface area contributed by atoms with Crippen LogP contribution in [-0.2, 0) is 4.74 Å². The average Bonchev–Trinajstić information content (AvgIpc) is 2.85. The summed E-state index contributed by atoms with van der Waals surface area (Å²) in [5, 5.41) is 22.1. The summed E-state index contributed by atoms with van der Waals surface area (Å²) >= 11 is 0. The molecule has 1 aliphatic rings. The van der Waals surface area contributed by atoms with Gasteiger partial charge in [0, 0.05) is 10.4 Å². The maximum absolute atomic E-state index is 8.71. The van der Waals surface area contributed by atoms with Gasteiger partial charge in [-0.2, -0.15) is 10.5 Å². The number of nitriles is 2. The molecule has 0 saturated carbocycles. The predicted octanol–water partition coefficient (Wildman–Crippen LogP) is -0.430. The van der Waals surface area contributed by atoms with Gasteiger partial charge in [-0.3, -0.25) is 0 Å². The van der Waals surface area contributed by atoms with Crippen LogP contribution in [0.1, 0.15) is 0 Å². The highest BCUT2D eigenvalue weighted by Gasteiger charge is 2.05. The molecule has 0 aromatic heterocycles. The van der Waals surface area contributed by atoms with Crippen molar-refractivity contribution in [1.82, 2.24) is 5.32 Å². The summed E-state index contributed by atoms with van der Waals surface area (Å²) in [6, 6.07) is 10.9. The molecule has 0 aliphatic carbocycles. The maximum atomic E-state index is 8.71. The van der Waals surface area contributed by atoms with E-state index >= 15 is 0 Å². The van der Waals surface area contributed by atoms with Crippen molar-refractivity contribution in [2.24, 2.45) is 0 Å². The third-order valence-electron chi connectivity index (χ3n) is 2.29. The molecule has 1 aliphatic heterocycles. The van der Waals surface area contributed by atoms with Gasteiger partial charge < -0.3 is 10.1 Å². The van der Waals surface area contributed by atoms with Gasteiger partial charge in [-0.15, -0.1) is 0 Å². The van der Waals surface area contributed by atoms with Crippen molar-refractivity contribution < 1.29 is 4.74 Å². The lowest BCUT2D eigenvalue weighted by atomic mass is 10.2. The maximum Gasteiger partial charge on any atom is 0.194 e. The predicted molar refractivity (Wildman–Crippen MR) is 57.7 cm³/mol. The minimum atomic E-state index is 0.122. The van der Waals surface area contributed by atoms with Gasteiger partial charge in [-0.05, 0) is 12.1 Å². The monoisotopic (exact) mass is 211 g/mol. The van der Waals surface area contributed by atoms with E-state index in [-0.39, 0.29) is 5.57 Å². The fraction of sp³-hybridized carbons (Fsp3) is 0.167. The molecule has 1 saturated heterocycles. The first-order chi connectivity index (χ1) is 7.85. The van der Waals surface area contributed by atoms with Crippen molar-refractivity contribution >= 4 is 11.5 Å². The van der Waals surface area contributed by atoms with Gasteiger partial charge in [0.1, 0.15) is 24.3 Å². The van der Waals surface area contributed by atoms with Crippen molar-refractivity contribution in [2.45, 2.75) is 0 Å².